The first kappa shape index (κ1) is 16.7. The quantitative estimate of drug-likeness (QED) is 0.794. The summed E-state index contributed by atoms with van der Waals surface area (Å²) in [7, 11) is 0. The first-order chi connectivity index (χ1) is 11.5. The van der Waals surface area contributed by atoms with Crippen molar-refractivity contribution in [2.75, 3.05) is 11.4 Å². The second kappa shape index (κ2) is 6.77. The number of carbonyl (C=O) groups excluding carboxylic acids is 2. The van der Waals surface area contributed by atoms with Crippen LogP contribution in [0.3, 0.4) is 0 Å². The zero-order valence-electron chi connectivity index (χ0n) is 14.2. The van der Waals surface area contributed by atoms with E-state index in [4.69, 9.17) is 4.74 Å². The van der Waals surface area contributed by atoms with Gasteiger partial charge in [-0.1, -0.05) is 25.1 Å². The number of aryl methyl sites for hydroxylation is 2. The van der Waals surface area contributed by atoms with Crippen LogP contribution in [0.5, 0.6) is 0 Å². The summed E-state index contributed by atoms with van der Waals surface area (Å²) in [5, 5.41) is 0. The van der Waals surface area contributed by atoms with Crippen LogP contribution in [0.2, 0.25) is 0 Å². The fraction of sp³-hybridized carbons (Fsp3) is 0.368. The Morgan fingerprint density at radius 3 is 2.79 bits per heavy atom. The van der Waals surface area contributed by atoms with Crippen molar-refractivity contribution in [2.45, 2.75) is 39.7 Å². The molecule has 126 valence electrons. The molecule has 0 aliphatic carbocycles. The third-order valence-corrected chi connectivity index (χ3v) is 5.69. The lowest BCUT2D eigenvalue weighted by molar-refractivity contribution is -0.126. The zero-order valence-corrected chi connectivity index (χ0v) is 15.0. The minimum Gasteiger partial charge on any atom is -0.448 e. The van der Waals surface area contributed by atoms with Crippen LogP contribution in [0.1, 0.15) is 39.5 Å². The van der Waals surface area contributed by atoms with Crippen molar-refractivity contribution in [2.24, 2.45) is 0 Å². The Morgan fingerprint density at radius 2 is 2.08 bits per heavy atom. The average molecular weight is 343 g/mol. The number of carbonyl (C=O) groups is 2. The van der Waals surface area contributed by atoms with Gasteiger partial charge in [-0.05, 0) is 49.9 Å². The van der Waals surface area contributed by atoms with Crippen molar-refractivity contribution in [3.05, 3.63) is 51.2 Å². The standard InChI is InChI=1S/C19H21NO3S/c1-4-16-12(2)11-17(24-16)19(22)23-13(3)18(21)20-10-9-14-7-5-6-8-15(14)20/h5-8,11,13H,4,9-10H2,1-3H3. The van der Waals surface area contributed by atoms with Crippen LogP contribution in [0.15, 0.2) is 30.3 Å². The normalized spacial score (nSPS) is 14.4. The molecule has 1 aromatic heterocycles. The molecule has 2 aromatic rings. The summed E-state index contributed by atoms with van der Waals surface area (Å²) >= 11 is 1.44. The number of hydrogen-bond donors (Lipinski definition) is 0. The predicted molar refractivity (Wildman–Crippen MR) is 95.8 cm³/mol. The number of thiophene rings is 1. The summed E-state index contributed by atoms with van der Waals surface area (Å²) in [4.78, 5) is 28.4. The van der Waals surface area contributed by atoms with Crippen molar-refractivity contribution in [1.29, 1.82) is 0 Å². The number of fused-ring (bicyclic) bond motifs is 1. The van der Waals surface area contributed by atoms with Gasteiger partial charge < -0.3 is 9.64 Å². The highest BCUT2D eigenvalue weighted by Gasteiger charge is 2.30. The van der Waals surface area contributed by atoms with Gasteiger partial charge in [-0.15, -0.1) is 11.3 Å². The number of rotatable bonds is 4. The molecule has 0 saturated carbocycles. The van der Waals surface area contributed by atoms with Crippen LogP contribution in [0, 0.1) is 6.92 Å². The summed E-state index contributed by atoms with van der Waals surface area (Å²) in [6.45, 7) is 6.33. The van der Waals surface area contributed by atoms with Gasteiger partial charge in [-0.3, -0.25) is 4.79 Å². The monoisotopic (exact) mass is 343 g/mol. The van der Waals surface area contributed by atoms with Crippen LogP contribution >= 0.6 is 11.3 Å². The van der Waals surface area contributed by atoms with Gasteiger partial charge >= 0.3 is 5.97 Å². The molecule has 0 radical (unpaired) electrons. The van der Waals surface area contributed by atoms with Gasteiger partial charge in [0.05, 0.1) is 0 Å². The molecule has 1 amide bonds. The molecule has 1 aliphatic rings. The lowest BCUT2D eigenvalue weighted by Crippen LogP contribution is -2.39. The molecule has 5 heteroatoms. The molecule has 24 heavy (non-hydrogen) atoms. The number of benzene rings is 1. The van der Waals surface area contributed by atoms with Crippen LogP contribution in [0.25, 0.3) is 0 Å². The SMILES string of the molecule is CCc1sc(C(=O)OC(C)C(=O)N2CCc3ccccc32)cc1C. The highest BCUT2D eigenvalue weighted by Crippen LogP contribution is 2.29. The Hall–Kier alpha value is -2.14. The highest BCUT2D eigenvalue weighted by molar-refractivity contribution is 7.14. The van der Waals surface area contributed by atoms with Crippen molar-refractivity contribution in [1.82, 2.24) is 0 Å². The fourth-order valence-electron chi connectivity index (χ4n) is 3.03. The Balaban J connectivity index is 1.69. The number of esters is 1. The molecule has 0 fully saturated rings. The number of nitrogens with zero attached hydrogens (tertiary/aromatic N) is 1. The molecule has 0 bridgehead atoms. The van der Waals surface area contributed by atoms with Gasteiger partial charge in [0.15, 0.2) is 6.10 Å². The van der Waals surface area contributed by atoms with E-state index in [9.17, 15) is 9.59 Å². The Labute approximate surface area is 146 Å². The second-order valence-electron chi connectivity index (χ2n) is 5.99. The Morgan fingerprint density at radius 1 is 1.33 bits per heavy atom. The minimum atomic E-state index is -0.795. The van der Waals surface area contributed by atoms with Gasteiger partial charge in [-0.25, -0.2) is 4.79 Å². The first-order valence-electron chi connectivity index (χ1n) is 8.20. The maximum Gasteiger partial charge on any atom is 0.349 e. The van der Waals surface area contributed by atoms with Crippen LogP contribution in [0.4, 0.5) is 5.69 Å². The molecule has 4 nitrogen and oxygen atoms in total. The molecule has 0 spiro atoms. The van der Waals surface area contributed by atoms with Gasteiger partial charge in [-0.2, -0.15) is 0 Å². The van der Waals surface area contributed by atoms with E-state index < -0.39 is 12.1 Å². The van der Waals surface area contributed by atoms with Crippen molar-refractivity contribution >= 4 is 28.9 Å². The maximum atomic E-state index is 12.7. The lowest BCUT2D eigenvalue weighted by Gasteiger charge is -2.21. The molecule has 1 unspecified atom stereocenters. The van der Waals surface area contributed by atoms with Crippen molar-refractivity contribution < 1.29 is 14.3 Å². The smallest absolute Gasteiger partial charge is 0.349 e. The summed E-state index contributed by atoms with van der Waals surface area (Å²) in [5.41, 5.74) is 3.18. The third kappa shape index (κ3) is 3.08. The number of anilines is 1. The van der Waals surface area contributed by atoms with E-state index in [1.165, 1.54) is 16.2 Å². The molecule has 1 aromatic carbocycles. The summed E-state index contributed by atoms with van der Waals surface area (Å²) in [5.74, 6) is -0.589. The summed E-state index contributed by atoms with van der Waals surface area (Å²) < 4.78 is 5.42. The van der Waals surface area contributed by atoms with Gasteiger partial charge in [0, 0.05) is 17.1 Å². The lowest BCUT2D eigenvalue weighted by atomic mass is 10.2. The average Bonchev–Trinajstić information content (AvgIpc) is 3.17. The van der Waals surface area contributed by atoms with Crippen molar-refractivity contribution in [3.63, 3.8) is 0 Å². The number of amides is 1. The molecule has 1 atom stereocenters. The zero-order chi connectivity index (χ0) is 17.3. The number of ether oxygens (including phenoxy) is 1. The van der Waals surface area contributed by atoms with E-state index in [-0.39, 0.29) is 5.91 Å². The molecule has 3 rings (SSSR count). The number of para-hydroxylation sites is 1. The van der Waals surface area contributed by atoms with Gasteiger partial charge in [0.1, 0.15) is 4.88 Å². The van der Waals surface area contributed by atoms with Crippen molar-refractivity contribution in [3.8, 4) is 0 Å². The van der Waals surface area contributed by atoms with Crippen LogP contribution in [-0.2, 0) is 22.4 Å². The van der Waals surface area contributed by atoms with Crippen LogP contribution < -0.4 is 4.90 Å². The summed E-state index contributed by atoms with van der Waals surface area (Å²) in [6, 6.07) is 9.70. The maximum absolute atomic E-state index is 12.7. The van der Waals surface area contributed by atoms with Gasteiger partial charge in [0.2, 0.25) is 0 Å². The highest BCUT2D eigenvalue weighted by atomic mass is 32.1. The summed E-state index contributed by atoms with van der Waals surface area (Å²) in [6.07, 6.45) is 0.936. The van der Waals surface area contributed by atoms with E-state index in [0.717, 1.165) is 29.7 Å². The third-order valence-electron chi connectivity index (χ3n) is 4.33. The number of hydrogen-bond acceptors (Lipinski definition) is 4. The van der Waals surface area contributed by atoms with E-state index >= 15 is 0 Å². The van der Waals surface area contributed by atoms with E-state index in [2.05, 4.69) is 6.92 Å². The molecule has 2 heterocycles. The Kier molecular flexibility index (Phi) is 4.71. The minimum absolute atomic E-state index is 0.169. The topological polar surface area (TPSA) is 46.6 Å². The molecular formula is C19H21NO3S. The van der Waals surface area contributed by atoms with E-state index in [1.807, 2.05) is 37.3 Å². The van der Waals surface area contributed by atoms with E-state index in [0.29, 0.717) is 11.4 Å². The van der Waals surface area contributed by atoms with Gasteiger partial charge in [0.25, 0.3) is 5.91 Å². The predicted octanol–water partition coefficient (Wildman–Crippen LogP) is 3.75. The van der Waals surface area contributed by atoms with E-state index in [1.54, 1.807) is 11.8 Å². The fourth-order valence-corrected chi connectivity index (χ4v) is 4.02. The molecule has 1 aliphatic heterocycles. The molecule has 0 saturated heterocycles. The molecule has 0 N–H and O–H groups in total. The van der Waals surface area contributed by atoms with Crippen LogP contribution in [-0.4, -0.2) is 24.5 Å². The Bertz CT molecular complexity index is 781. The largest absolute Gasteiger partial charge is 0.448 e. The second-order valence-corrected chi connectivity index (χ2v) is 7.12. The first-order valence-corrected chi connectivity index (χ1v) is 9.02. The molecular weight excluding hydrogens is 322 g/mol.